The molecule has 0 fully saturated rings. The van der Waals surface area contributed by atoms with Crippen LogP contribution in [-0.2, 0) is 0 Å². The van der Waals surface area contributed by atoms with Crippen LogP contribution in [0.5, 0.6) is 0 Å². The van der Waals surface area contributed by atoms with Crippen LogP contribution < -0.4 is 0 Å². The second kappa shape index (κ2) is 22.9. The molecule has 0 aromatic heterocycles. The molecule has 0 heteroatoms. The first-order chi connectivity index (χ1) is 42.7. The molecule has 0 N–H and O–H groups in total. The van der Waals surface area contributed by atoms with Gasteiger partial charge in [0.05, 0.1) is 0 Å². The lowest BCUT2D eigenvalue weighted by Crippen LogP contribution is -1.98. The molecule has 0 radical (unpaired) electrons. The van der Waals surface area contributed by atoms with Crippen molar-refractivity contribution in [3.63, 3.8) is 0 Å². The van der Waals surface area contributed by atoms with Crippen molar-refractivity contribution in [1.82, 2.24) is 0 Å². The summed E-state index contributed by atoms with van der Waals surface area (Å²) < 4.78 is 0. The van der Waals surface area contributed by atoms with E-state index in [0.29, 0.717) is 0 Å². The van der Waals surface area contributed by atoms with Crippen LogP contribution in [0.2, 0.25) is 0 Å². The van der Waals surface area contributed by atoms with Gasteiger partial charge in [0.2, 0.25) is 0 Å². The van der Waals surface area contributed by atoms with Crippen molar-refractivity contribution in [2.75, 3.05) is 0 Å². The lowest BCUT2D eigenvalue weighted by atomic mass is 9.78. The molecule has 0 amide bonds. The van der Waals surface area contributed by atoms with E-state index < -0.39 is 0 Å². The van der Waals surface area contributed by atoms with Gasteiger partial charge in [-0.25, -0.2) is 0 Å². The molecular weight excluding hydrogens is 1030 g/mol. The van der Waals surface area contributed by atoms with Crippen LogP contribution in [0.3, 0.4) is 0 Å². The quantitative estimate of drug-likeness (QED) is 0.107. The fourth-order valence-electron chi connectivity index (χ4n) is 13.3. The molecule has 15 rings (SSSR count). The minimum absolute atomic E-state index is 1.16. The lowest BCUT2D eigenvalue weighted by molar-refractivity contribution is 1.52. The van der Waals surface area contributed by atoms with Gasteiger partial charge in [-0.2, -0.15) is 0 Å². The first kappa shape index (κ1) is 51.7. The van der Waals surface area contributed by atoms with Gasteiger partial charge in [0.25, 0.3) is 0 Å². The summed E-state index contributed by atoms with van der Waals surface area (Å²) in [7, 11) is 0. The molecule has 15 aromatic carbocycles. The summed E-state index contributed by atoms with van der Waals surface area (Å²) in [5.41, 5.74) is 28.6. The zero-order valence-electron chi connectivity index (χ0n) is 47.5. The van der Waals surface area contributed by atoms with Gasteiger partial charge in [0.1, 0.15) is 0 Å². The average Bonchev–Trinajstić information content (AvgIpc) is 2.28. The van der Waals surface area contributed by atoms with Crippen molar-refractivity contribution in [3.05, 3.63) is 352 Å². The molecule has 0 aliphatic heterocycles. The molecule has 0 spiro atoms. The average molecular weight is 1090 g/mol. The molecule has 0 aliphatic rings. The molecule has 0 unspecified atom stereocenters. The second-order valence-corrected chi connectivity index (χ2v) is 22.1. The van der Waals surface area contributed by atoms with Crippen LogP contribution in [0.1, 0.15) is 0 Å². The number of rotatable bonds is 12. The maximum atomic E-state index is 2.44. The van der Waals surface area contributed by atoms with E-state index in [1.807, 2.05) is 0 Å². The zero-order chi connectivity index (χ0) is 57.2. The second-order valence-electron chi connectivity index (χ2n) is 22.1. The Balaban J connectivity index is 0.903. The Hall–Kier alpha value is -11.2. The Labute approximate surface area is 503 Å². The van der Waals surface area contributed by atoms with Gasteiger partial charge in [-0.3, -0.25) is 0 Å². The Kier molecular flexibility index (Phi) is 13.7. The van der Waals surface area contributed by atoms with E-state index in [-0.39, 0.29) is 0 Å². The SMILES string of the molecule is c1ccc(-c2cc(-c3ccc(-c4c5ccccc5c(-c5ccc(-c6cc(-c7ccccc7)c(-c7ccccc7)c(-c7ccccc7)c6-c6ccccc6)cc5)c5ccccc45)cc3)c(-c3ccccc3)c(-c3ccccc3)c2-c2ccccc2)cc1. The fourth-order valence-corrected chi connectivity index (χ4v) is 13.3. The number of fused-ring (bicyclic) bond motifs is 2. The van der Waals surface area contributed by atoms with Gasteiger partial charge in [0.15, 0.2) is 0 Å². The molecule has 0 saturated carbocycles. The summed E-state index contributed by atoms with van der Waals surface area (Å²) in [5, 5.41) is 4.87. The van der Waals surface area contributed by atoms with E-state index in [4.69, 9.17) is 0 Å². The standard InChI is InChI=1S/C86H58/c1-9-29-59(30-10-1)75-57-77(83(65-37-17-5-18-38-65)85(67-41-21-7-22-42-67)81(75)63-33-13-3-14-34-63)61-49-53-69(54-50-61)79-71-45-25-27-47-73(71)80(74-48-28-26-46-72(74)79)70-55-51-62(52-56-70)78-58-76(60-31-11-2-12-32-60)82(64-35-15-4-16-36-64)86(68-43-23-8-24-44-68)84(78)66-39-19-6-20-40-66/h1-58H. The van der Waals surface area contributed by atoms with Crippen molar-refractivity contribution >= 4 is 21.5 Å². The Morgan fingerprint density at radius 3 is 0.477 bits per heavy atom. The van der Waals surface area contributed by atoms with E-state index in [0.717, 1.165) is 11.1 Å². The largest absolute Gasteiger partial charge is 0.0622 e. The van der Waals surface area contributed by atoms with Gasteiger partial charge in [-0.05, 0) is 167 Å². The molecular formula is C86H58. The maximum Gasteiger partial charge on any atom is -0.00143 e. The molecule has 0 aliphatic carbocycles. The smallest absolute Gasteiger partial charge is 0.00143 e. The lowest BCUT2D eigenvalue weighted by Gasteiger charge is -2.25. The molecule has 402 valence electrons. The van der Waals surface area contributed by atoms with E-state index >= 15 is 0 Å². The normalized spacial score (nSPS) is 11.3. The summed E-state index contributed by atoms with van der Waals surface area (Å²) in [4.78, 5) is 0. The molecule has 0 nitrogen and oxygen atoms in total. The maximum absolute atomic E-state index is 2.44. The molecule has 0 atom stereocenters. The van der Waals surface area contributed by atoms with E-state index in [9.17, 15) is 0 Å². The minimum Gasteiger partial charge on any atom is -0.0622 e. The van der Waals surface area contributed by atoms with Crippen LogP contribution in [-0.4, -0.2) is 0 Å². The third-order valence-electron chi connectivity index (χ3n) is 17.1. The van der Waals surface area contributed by atoms with Crippen LogP contribution in [0, 0.1) is 0 Å². The van der Waals surface area contributed by atoms with Crippen molar-refractivity contribution < 1.29 is 0 Å². The minimum atomic E-state index is 1.16. The first-order valence-corrected chi connectivity index (χ1v) is 29.7. The third kappa shape index (κ3) is 9.50. The highest BCUT2D eigenvalue weighted by atomic mass is 14.3. The molecule has 0 bridgehead atoms. The summed E-state index contributed by atoms with van der Waals surface area (Å²) in [6.45, 7) is 0. The number of benzene rings is 15. The fraction of sp³-hybridized carbons (Fsp3) is 0. The monoisotopic (exact) mass is 1090 g/mol. The third-order valence-corrected chi connectivity index (χ3v) is 17.1. The van der Waals surface area contributed by atoms with Gasteiger partial charge in [-0.15, -0.1) is 0 Å². The number of hydrogen-bond acceptors (Lipinski definition) is 0. The van der Waals surface area contributed by atoms with Crippen molar-refractivity contribution in [2.24, 2.45) is 0 Å². The van der Waals surface area contributed by atoms with Crippen molar-refractivity contribution in [3.8, 4) is 134 Å². The predicted octanol–water partition coefficient (Wildman–Crippen LogP) is 24.0. The topological polar surface area (TPSA) is 0 Å². The highest BCUT2D eigenvalue weighted by Crippen LogP contribution is 2.53. The molecule has 86 heavy (non-hydrogen) atoms. The predicted molar refractivity (Wildman–Crippen MR) is 367 cm³/mol. The number of hydrogen-bond donors (Lipinski definition) is 0. The Morgan fingerprint density at radius 1 is 0.105 bits per heavy atom. The van der Waals surface area contributed by atoms with Crippen molar-refractivity contribution in [2.45, 2.75) is 0 Å². The van der Waals surface area contributed by atoms with Crippen LogP contribution in [0.25, 0.3) is 155 Å². The zero-order valence-corrected chi connectivity index (χ0v) is 47.5. The van der Waals surface area contributed by atoms with Gasteiger partial charge >= 0.3 is 0 Å². The van der Waals surface area contributed by atoms with Gasteiger partial charge in [0, 0.05) is 0 Å². The first-order valence-electron chi connectivity index (χ1n) is 29.7. The van der Waals surface area contributed by atoms with E-state index in [1.165, 1.54) is 144 Å². The van der Waals surface area contributed by atoms with Gasteiger partial charge in [-0.1, -0.05) is 340 Å². The summed E-state index contributed by atoms with van der Waals surface area (Å²) in [6, 6.07) is 129. The Morgan fingerprint density at radius 2 is 0.256 bits per heavy atom. The summed E-state index contributed by atoms with van der Waals surface area (Å²) in [5.74, 6) is 0. The van der Waals surface area contributed by atoms with E-state index in [1.54, 1.807) is 0 Å². The van der Waals surface area contributed by atoms with Crippen LogP contribution in [0.15, 0.2) is 352 Å². The van der Waals surface area contributed by atoms with Gasteiger partial charge < -0.3 is 0 Å². The van der Waals surface area contributed by atoms with Crippen LogP contribution in [0.4, 0.5) is 0 Å². The molecule has 0 heterocycles. The highest BCUT2D eigenvalue weighted by Gasteiger charge is 2.27. The van der Waals surface area contributed by atoms with Crippen molar-refractivity contribution in [1.29, 1.82) is 0 Å². The summed E-state index contributed by atoms with van der Waals surface area (Å²) >= 11 is 0. The highest BCUT2D eigenvalue weighted by molar-refractivity contribution is 6.22. The van der Waals surface area contributed by atoms with E-state index in [2.05, 4.69) is 352 Å². The molecule has 0 saturated heterocycles. The molecule has 15 aromatic rings. The van der Waals surface area contributed by atoms with Crippen LogP contribution >= 0.6 is 0 Å². The summed E-state index contributed by atoms with van der Waals surface area (Å²) in [6.07, 6.45) is 0. The Bertz CT molecular complexity index is 4490.